The molecule has 1 rings (SSSR count). The molecule has 0 radical (unpaired) electrons. The Kier molecular flexibility index (Phi) is 2.81. The Balaban J connectivity index is 2.49. The summed E-state index contributed by atoms with van der Waals surface area (Å²) in [5, 5.41) is 17.6. The molecule has 0 amide bonds. The minimum absolute atomic E-state index is 0.0253. The van der Waals surface area contributed by atoms with E-state index in [9.17, 15) is 9.59 Å². The standard InChI is InChI=1S/C8H12O4/c9-6-1-2-7(10)5(3-6)4-8(11)12/h5-6,9H,1-4H2,(H,11,12)/t5-,6+/m0/s1. The third kappa shape index (κ3) is 2.30. The lowest BCUT2D eigenvalue weighted by atomic mass is 9.84. The van der Waals surface area contributed by atoms with Gasteiger partial charge in [-0.25, -0.2) is 0 Å². The van der Waals surface area contributed by atoms with Gasteiger partial charge in [-0.05, 0) is 12.8 Å². The van der Waals surface area contributed by atoms with Crippen molar-refractivity contribution >= 4 is 11.8 Å². The number of carbonyl (C=O) groups is 2. The van der Waals surface area contributed by atoms with Crippen LogP contribution < -0.4 is 0 Å². The van der Waals surface area contributed by atoms with Crippen molar-refractivity contribution in [2.75, 3.05) is 0 Å². The normalized spacial score (nSPS) is 30.2. The molecule has 4 nitrogen and oxygen atoms in total. The molecule has 1 fully saturated rings. The zero-order valence-electron chi connectivity index (χ0n) is 6.69. The molecule has 2 N–H and O–H groups in total. The van der Waals surface area contributed by atoms with E-state index < -0.39 is 18.0 Å². The molecule has 0 aliphatic heterocycles. The topological polar surface area (TPSA) is 74.6 Å². The minimum Gasteiger partial charge on any atom is -0.481 e. The second-order valence-corrected chi connectivity index (χ2v) is 3.19. The second-order valence-electron chi connectivity index (χ2n) is 3.19. The van der Waals surface area contributed by atoms with E-state index in [1.165, 1.54) is 0 Å². The van der Waals surface area contributed by atoms with E-state index >= 15 is 0 Å². The summed E-state index contributed by atoms with van der Waals surface area (Å²) in [7, 11) is 0. The number of aliphatic carboxylic acids is 1. The molecule has 0 aromatic heterocycles. The lowest BCUT2D eigenvalue weighted by Crippen LogP contribution is -2.29. The van der Waals surface area contributed by atoms with Crippen LogP contribution >= 0.6 is 0 Å². The highest BCUT2D eigenvalue weighted by atomic mass is 16.4. The van der Waals surface area contributed by atoms with Crippen LogP contribution in [-0.4, -0.2) is 28.1 Å². The van der Waals surface area contributed by atoms with Crippen LogP contribution in [0.4, 0.5) is 0 Å². The fourth-order valence-electron chi connectivity index (χ4n) is 1.50. The van der Waals surface area contributed by atoms with Gasteiger partial charge in [0.25, 0.3) is 0 Å². The van der Waals surface area contributed by atoms with Gasteiger partial charge in [-0.1, -0.05) is 0 Å². The Labute approximate surface area is 70.2 Å². The van der Waals surface area contributed by atoms with Crippen LogP contribution in [0.3, 0.4) is 0 Å². The molecular formula is C8H12O4. The van der Waals surface area contributed by atoms with Gasteiger partial charge in [-0.2, -0.15) is 0 Å². The van der Waals surface area contributed by atoms with Gasteiger partial charge >= 0.3 is 5.97 Å². The van der Waals surface area contributed by atoms with E-state index in [4.69, 9.17) is 10.2 Å². The number of Topliss-reactive ketones (excluding diaryl/α,β-unsaturated/α-hetero) is 1. The summed E-state index contributed by atoms with van der Waals surface area (Å²) < 4.78 is 0. The highest BCUT2D eigenvalue weighted by molar-refractivity contribution is 5.85. The maximum atomic E-state index is 11.1. The fraction of sp³-hybridized carbons (Fsp3) is 0.750. The first-order valence-corrected chi connectivity index (χ1v) is 4.02. The number of hydrogen-bond acceptors (Lipinski definition) is 3. The summed E-state index contributed by atoms with van der Waals surface area (Å²) in [6.45, 7) is 0. The maximum absolute atomic E-state index is 11.1. The third-order valence-electron chi connectivity index (χ3n) is 2.16. The number of carbonyl (C=O) groups excluding carboxylic acids is 1. The Hall–Kier alpha value is -0.900. The van der Waals surface area contributed by atoms with Crippen molar-refractivity contribution in [1.82, 2.24) is 0 Å². The maximum Gasteiger partial charge on any atom is 0.304 e. The monoisotopic (exact) mass is 172 g/mol. The van der Waals surface area contributed by atoms with Gasteiger partial charge < -0.3 is 10.2 Å². The lowest BCUT2D eigenvalue weighted by Gasteiger charge is -2.23. The zero-order valence-corrected chi connectivity index (χ0v) is 6.69. The highest BCUT2D eigenvalue weighted by Crippen LogP contribution is 2.23. The van der Waals surface area contributed by atoms with Crippen LogP contribution in [0.5, 0.6) is 0 Å². The first-order chi connectivity index (χ1) is 5.59. The quantitative estimate of drug-likeness (QED) is 0.623. The van der Waals surface area contributed by atoms with Crippen LogP contribution in [0.25, 0.3) is 0 Å². The summed E-state index contributed by atoms with van der Waals surface area (Å²) in [5.74, 6) is -1.46. The van der Waals surface area contributed by atoms with Gasteiger partial charge in [0.1, 0.15) is 5.78 Å². The van der Waals surface area contributed by atoms with Crippen molar-refractivity contribution in [3.8, 4) is 0 Å². The average molecular weight is 172 g/mol. The molecule has 0 spiro atoms. The van der Waals surface area contributed by atoms with Crippen molar-refractivity contribution < 1.29 is 19.8 Å². The molecule has 0 aromatic carbocycles. The molecular weight excluding hydrogens is 160 g/mol. The van der Waals surface area contributed by atoms with E-state index in [2.05, 4.69) is 0 Å². The predicted molar refractivity (Wildman–Crippen MR) is 40.6 cm³/mol. The molecule has 4 heteroatoms. The Morgan fingerprint density at radius 1 is 1.58 bits per heavy atom. The van der Waals surface area contributed by atoms with E-state index in [-0.39, 0.29) is 12.2 Å². The summed E-state index contributed by atoms with van der Waals surface area (Å²) in [6, 6.07) is 0. The van der Waals surface area contributed by atoms with Gasteiger partial charge in [0.2, 0.25) is 0 Å². The molecule has 0 saturated heterocycles. The molecule has 12 heavy (non-hydrogen) atoms. The van der Waals surface area contributed by atoms with Crippen LogP contribution in [-0.2, 0) is 9.59 Å². The summed E-state index contributed by atoms with van der Waals surface area (Å²) in [4.78, 5) is 21.4. The Bertz CT molecular complexity index is 199. The molecule has 68 valence electrons. The lowest BCUT2D eigenvalue weighted by molar-refractivity contribution is -0.142. The number of hydrogen-bond donors (Lipinski definition) is 2. The van der Waals surface area contributed by atoms with Crippen LogP contribution in [0.15, 0.2) is 0 Å². The number of carboxylic acid groups (broad SMARTS) is 1. The van der Waals surface area contributed by atoms with Gasteiger partial charge in [0.05, 0.1) is 12.5 Å². The van der Waals surface area contributed by atoms with Gasteiger partial charge in [0.15, 0.2) is 0 Å². The number of carboxylic acids is 1. The van der Waals surface area contributed by atoms with Crippen LogP contribution in [0.2, 0.25) is 0 Å². The smallest absolute Gasteiger partial charge is 0.304 e. The first-order valence-electron chi connectivity index (χ1n) is 4.02. The second kappa shape index (κ2) is 3.67. The van der Waals surface area contributed by atoms with Crippen molar-refractivity contribution in [2.45, 2.75) is 31.8 Å². The fourth-order valence-corrected chi connectivity index (χ4v) is 1.50. The largest absolute Gasteiger partial charge is 0.481 e. The van der Waals surface area contributed by atoms with Gasteiger partial charge in [0, 0.05) is 12.3 Å². The van der Waals surface area contributed by atoms with Crippen LogP contribution in [0, 0.1) is 5.92 Å². The highest BCUT2D eigenvalue weighted by Gasteiger charge is 2.28. The number of rotatable bonds is 2. The number of ketones is 1. The number of aliphatic hydroxyl groups excluding tert-OH is 1. The van der Waals surface area contributed by atoms with E-state index in [0.29, 0.717) is 19.3 Å². The first kappa shape index (κ1) is 9.19. The molecule has 1 aliphatic rings. The van der Waals surface area contributed by atoms with E-state index in [1.54, 1.807) is 0 Å². The zero-order chi connectivity index (χ0) is 9.14. The van der Waals surface area contributed by atoms with Gasteiger partial charge in [-0.15, -0.1) is 0 Å². The molecule has 1 saturated carbocycles. The molecule has 0 bridgehead atoms. The van der Waals surface area contributed by atoms with Crippen molar-refractivity contribution in [2.24, 2.45) is 5.92 Å². The predicted octanol–water partition coefficient (Wildman–Crippen LogP) is 0.191. The van der Waals surface area contributed by atoms with E-state index in [0.717, 1.165) is 0 Å². The molecule has 0 aromatic rings. The third-order valence-corrected chi connectivity index (χ3v) is 2.16. The SMILES string of the molecule is O=C(O)C[C@@H]1C[C@H](O)CCC1=O. The molecule has 0 heterocycles. The molecule has 2 atom stereocenters. The molecule has 1 aliphatic carbocycles. The average Bonchev–Trinajstić information content (AvgIpc) is 1.96. The summed E-state index contributed by atoms with van der Waals surface area (Å²) in [5.41, 5.74) is 0. The minimum atomic E-state index is -0.970. The Morgan fingerprint density at radius 3 is 2.83 bits per heavy atom. The van der Waals surface area contributed by atoms with Crippen LogP contribution in [0.1, 0.15) is 25.7 Å². The number of aliphatic hydroxyl groups is 1. The van der Waals surface area contributed by atoms with Crippen molar-refractivity contribution in [1.29, 1.82) is 0 Å². The van der Waals surface area contributed by atoms with Gasteiger partial charge in [-0.3, -0.25) is 9.59 Å². The van der Waals surface area contributed by atoms with Crippen molar-refractivity contribution in [3.05, 3.63) is 0 Å². The van der Waals surface area contributed by atoms with E-state index in [1.807, 2.05) is 0 Å². The summed E-state index contributed by atoms with van der Waals surface area (Å²) in [6.07, 6.45) is 0.474. The molecule has 0 unspecified atom stereocenters. The van der Waals surface area contributed by atoms with Crippen molar-refractivity contribution in [3.63, 3.8) is 0 Å². The Morgan fingerprint density at radius 2 is 2.25 bits per heavy atom. The summed E-state index contributed by atoms with van der Waals surface area (Å²) >= 11 is 0.